The highest BCUT2D eigenvalue weighted by Crippen LogP contribution is 2.25. The lowest BCUT2D eigenvalue weighted by Crippen LogP contribution is -2.48. The summed E-state index contributed by atoms with van der Waals surface area (Å²) in [6.45, 7) is 2.44. The molecule has 0 bridgehead atoms. The molecule has 0 spiro atoms. The van der Waals surface area contributed by atoms with Gasteiger partial charge in [-0.3, -0.25) is 0 Å². The van der Waals surface area contributed by atoms with E-state index in [-0.39, 0.29) is 17.9 Å². The summed E-state index contributed by atoms with van der Waals surface area (Å²) < 4.78 is 45.3. The highest BCUT2D eigenvalue weighted by molar-refractivity contribution is 7.80. The van der Waals surface area contributed by atoms with Crippen LogP contribution in [0.1, 0.15) is 12.8 Å². The predicted octanol–water partition coefficient (Wildman–Crippen LogP) is 3.20. The minimum absolute atomic E-state index is 0.155. The molecule has 2 fully saturated rings. The third-order valence-corrected chi connectivity index (χ3v) is 4.68. The van der Waals surface area contributed by atoms with Crippen LogP contribution in [0.25, 0.3) is 0 Å². The lowest BCUT2D eigenvalue weighted by atomic mass is 10.0. The van der Waals surface area contributed by atoms with E-state index < -0.39 is 6.36 Å². The fraction of sp³-hybridized carbons (Fsp3) is 0.500. The number of benzene rings is 1. The van der Waals surface area contributed by atoms with Crippen LogP contribution in [0.15, 0.2) is 24.3 Å². The maximum atomic E-state index is 12.2. The van der Waals surface area contributed by atoms with Gasteiger partial charge in [0.1, 0.15) is 12.4 Å². The van der Waals surface area contributed by atoms with Crippen molar-refractivity contribution in [3.63, 3.8) is 0 Å². The average Bonchev–Trinajstić information content (AvgIpc) is 3.01. The number of nitrogens with one attached hydrogen (secondary N) is 1. The first-order chi connectivity index (χ1) is 12.3. The van der Waals surface area contributed by atoms with Gasteiger partial charge in [-0.05, 0) is 49.3 Å². The normalized spacial score (nSPS) is 18.7. The highest BCUT2D eigenvalue weighted by Gasteiger charge is 2.33. The molecule has 1 aromatic rings. The van der Waals surface area contributed by atoms with Gasteiger partial charge in [0.2, 0.25) is 0 Å². The Morgan fingerprint density at radius 2 is 1.85 bits per heavy atom. The Labute approximate surface area is 153 Å². The van der Waals surface area contributed by atoms with E-state index >= 15 is 0 Å². The number of ether oxygens (including phenoxy) is 2. The quantitative estimate of drug-likeness (QED) is 0.802. The van der Waals surface area contributed by atoms with Crippen molar-refractivity contribution < 1.29 is 27.4 Å². The third-order valence-electron chi connectivity index (χ3n) is 4.32. The smallest absolute Gasteiger partial charge is 0.448 e. The molecule has 2 saturated heterocycles. The number of carbonyl (C=O) groups excluding carboxylic acids is 1. The van der Waals surface area contributed by atoms with E-state index in [1.54, 1.807) is 4.90 Å². The number of nitrogens with zero attached hydrogens (tertiary/aromatic N) is 2. The Morgan fingerprint density at radius 3 is 2.38 bits per heavy atom. The first kappa shape index (κ1) is 18.6. The number of thiocarbonyl (C=S) groups is 1. The van der Waals surface area contributed by atoms with Crippen LogP contribution >= 0.6 is 12.2 Å². The summed E-state index contributed by atoms with van der Waals surface area (Å²) in [6, 6.07) is 5.55. The van der Waals surface area contributed by atoms with Crippen molar-refractivity contribution >= 4 is 29.1 Å². The fourth-order valence-corrected chi connectivity index (χ4v) is 3.36. The van der Waals surface area contributed by atoms with Gasteiger partial charge >= 0.3 is 12.5 Å². The maximum Gasteiger partial charge on any atom is 0.573 e. The summed E-state index contributed by atoms with van der Waals surface area (Å²) in [5.41, 5.74) is 0.578. The Bertz CT molecular complexity index is 661. The molecule has 1 aromatic carbocycles. The first-order valence-electron chi connectivity index (χ1n) is 8.17. The van der Waals surface area contributed by atoms with Crippen molar-refractivity contribution in [1.29, 1.82) is 0 Å². The number of anilines is 1. The Kier molecular flexibility index (Phi) is 5.40. The number of carbonyl (C=O) groups is 1. The monoisotopic (exact) mass is 389 g/mol. The van der Waals surface area contributed by atoms with E-state index in [0.29, 0.717) is 37.0 Å². The third kappa shape index (κ3) is 4.69. The van der Waals surface area contributed by atoms with Gasteiger partial charge in [-0.1, -0.05) is 0 Å². The molecule has 0 atom stereocenters. The van der Waals surface area contributed by atoms with Crippen molar-refractivity contribution in [2.45, 2.75) is 25.2 Å². The molecule has 2 heterocycles. The van der Waals surface area contributed by atoms with Crippen LogP contribution in [0.2, 0.25) is 0 Å². The maximum absolute atomic E-state index is 12.2. The molecule has 1 N–H and O–H groups in total. The van der Waals surface area contributed by atoms with E-state index in [1.165, 1.54) is 24.3 Å². The van der Waals surface area contributed by atoms with Crippen molar-refractivity contribution in [1.82, 2.24) is 9.80 Å². The number of alkyl halides is 3. The molecule has 2 aliphatic heterocycles. The van der Waals surface area contributed by atoms with Gasteiger partial charge in [0.05, 0.1) is 6.54 Å². The number of halogens is 3. The second kappa shape index (κ2) is 7.56. The minimum Gasteiger partial charge on any atom is -0.448 e. The number of hydrogen-bond acceptors (Lipinski definition) is 4. The molecule has 0 aromatic heterocycles. The Morgan fingerprint density at radius 1 is 1.19 bits per heavy atom. The molecule has 26 heavy (non-hydrogen) atoms. The van der Waals surface area contributed by atoms with Crippen LogP contribution in [0.4, 0.5) is 23.7 Å². The van der Waals surface area contributed by atoms with E-state index in [1.807, 2.05) is 4.90 Å². The minimum atomic E-state index is -4.71. The van der Waals surface area contributed by atoms with Crippen molar-refractivity contribution in [3.05, 3.63) is 24.3 Å². The zero-order chi connectivity index (χ0) is 18.7. The molecular weight excluding hydrogens is 371 g/mol. The summed E-state index contributed by atoms with van der Waals surface area (Å²) in [5.74, 6) is -0.285. The molecule has 0 saturated carbocycles. The SMILES string of the molecule is O=C1OCCN1C1CCN(C(=S)Nc2ccc(OC(F)(F)F)cc2)CC1. The van der Waals surface area contributed by atoms with Gasteiger partial charge in [0.25, 0.3) is 0 Å². The van der Waals surface area contributed by atoms with Crippen LogP contribution in [-0.4, -0.2) is 59.7 Å². The molecule has 1 amide bonds. The van der Waals surface area contributed by atoms with E-state index in [4.69, 9.17) is 17.0 Å². The highest BCUT2D eigenvalue weighted by atomic mass is 32.1. The molecule has 0 unspecified atom stereocenters. The van der Waals surface area contributed by atoms with E-state index in [0.717, 1.165) is 12.8 Å². The predicted molar refractivity (Wildman–Crippen MR) is 92.0 cm³/mol. The topological polar surface area (TPSA) is 54.0 Å². The van der Waals surface area contributed by atoms with Crippen LogP contribution in [0, 0.1) is 0 Å². The van der Waals surface area contributed by atoms with Crippen LogP contribution in [0.5, 0.6) is 5.75 Å². The van der Waals surface area contributed by atoms with E-state index in [2.05, 4.69) is 10.1 Å². The molecule has 6 nitrogen and oxygen atoms in total. The average molecular weight is 389 g/mol. The van der Waals surface area contributed by atoms with Crippen molar-refractivity contribution in [2.75, 3.05) is 31.6 Å². The summed E-state index contributed by atoms with van der Waals surface area (Å²) in [5, 5.41) is 3.51. The standard InChI is InChI=1S/C16H18F3N3O3S/c17-16(18,19)25-13-3-1-11(2-4-13)20-14(26)21-7-5-12(6-8-21)22-9-10-24-15(22)23/h1-4,12H,5-10H2,(H,20,26). The molecule has 0 aliphatic carbocycles. The first-order valence-corrected chi connectivity index (χ1v) is 8.58. The van der Waals surface area contributed by atoms with Crippen LogP contribution in [0.3, 0.4) is 0 Å². The Balaban J connectivity index is 1.49. The van der Waals surface area contributed by atoms with Gasteiger partial charge in [-0.15, -0.1) is 13.2 Å². The van der Waals surface area contributed by atoms with Crippen LogP contribution < -0.4 is 10.1 Å². The summed E-state index contributed by atoms with van der Waals surface area (Å²) in [7, 11) is 0. The second-order valence-corrected chi connectivity index (χ2v) is 6.42. The number of piperidine rings is 1. The van der Waals surface area contributed by atoms with Gasteiger partial charge < -0.3 is 24.6 Å². The summed E-state index contributed by atoms with van der Waals surface area (Å²) in [6.07, 6.45) is -3.40. The zero-order valence-electron chi connectivity index (χ0n) is 13.8. The van der Waals surface area contributed by atoms with Crippen molar-refractivity contribution in [2.24, 2.45) is 0 Å². The number of rotatable bonds is 3. The summed E-state index contributed by atoms with van der Waals surface area (Å²) >= 11 is 5.37. The van der Waals surface area contributed by atoms with Crippen molar-refractivity contribution in [3.8, 4) is 5.75 Å². The molecule has 2 aliphatic rings. The zero-order valence-corrected chi connectivity index (χ0v) is 14.6. The molecular formula is C16H18F3N3O3S. The lowest BCUT2D eigenvalue weighted by Gasteiger charge is -2.36. The number of cyclic esters (lactones) is 1. The molecule has 10 heteroatoms. The fourth-order valence-electron chi connectivity index (χ4n) is 3.06. The van der Waals surface area contributed by atoms with Gasteiger partial charge in [-0.2, -0.15) is 0 Å². The summed E-state index contributed by atoms with van der Waals surface area (Å²) in [4.78, 5) is 15.4. The number of amides is 1. The number of hydrogen-bond donors (Lipinski definition) is 1. The number of likely N-dealkylation sites (tertiary alicyclic amines) is 1. The van der Waals surface area contributed by atoms with E-state index in [9.17, 15) is 18.0 Å². The second-order valence-electron chi connectivity index (χ2n) is 6.03. The Hall–Kier alpha value is -2.23. The largest absolute Gasteiger partial charge is 0.573 e. The van der Waals surface area contributed by atoms with Gasteiger partial charge in [-0.25, -0.2) is 4.79 Å². The van der Waals surface area contributed by atoms with Crippen LogP contribution in [-0.2, 0) is 4.74 Å². The molecule has 142 valence electrons. The molecule has 3 rings (SSSR count). The van der Waals surface area contributed by atoms with Gasteiger partial charge in [0, 0.05) is 24.8 Å². The lowest BCUT2D eigenvalue weighted by molar-refractivity contribution is -0.274. The van der Waals surface area contributed by atoms with Gasteiger partial charge in [0.15, 0.2) is 5.11 Å². The molecule has 0 radical (unpaired) electrons.